The van der Waals surface area contributed by atoms with Crippen LogP contribution in [0.5, 0.6) is 0 Å². The number of halogens is 2. The van der Waals surface area contributed by atoms with E-state index in [0.29, 0.717) is 5.56 Å². The van der Waals surface area contributed by atoms with E-state index in [2.05, 4.69) is 15.9 Å². The number of hydrogen-bond donors (Lipinski definition) is 0. The minimum Gasteiger partial charge on any atom is -0.465 e. The van der Waals surface area contributed by atoms with E-state index in [1.54, 1.807) is 13.0 Å². The first-order chi connectivity index (χ1) is 7.58. The van der Waals surface area contributed by atoms with Gasteiger partial charge in [0.1, 0.15) is 17.3 Å². The molecule has 0 aliphatic heterocycles. The Labute approximate surface area is 102 Å². The zero-order valence-electron chi connectivity index (χ0n) is 9.13. The molecule has 2 rings (SSSR count). The van der Waals surface area contributed by atoms with Crippen molar-refractivity contribution in [1.29, 1.82) is 0 Å². The highest BCUT2D eigenvalue weighted by atomic mass is 79.9. The van der Waals surface area contributed by atoms with Crippen molar-refractivity contribution in [3.8, 4) is 0 Å². The summed E-state index contributed by atoms with van der Waals surface area (Å²) in [6, 6.07) is 8.91. The molecule has 0 aliphatic rings. The molecule has 0 fully saturated rings. The molecule has 3 heteroatoms. The van der Waals surface area contributed by atoms with E-state index < -0.39 is 0 Å². The second-order valence-corrected chi connectivity index (χ2v) is 4.74. The molecule has 0 saturated carbocycles. The average Bonchev–Trinajstić information content (AvgIpc) is 2.68. The Kier molecular flexibility index (Phi) is 3.15. The largest absolute Gasteiger partial charge is 0.465 e. The summed E-state index contributed by atoms with van der Waals surface area (Å²) in [6.45, 7) is 3.66. The van der Waals surface area contributed by atoms with Crippen LogP contribution < -0.4 is 0 Å². The summed E-state index contributed by atoms with van der Waals surface area (Å²) >= 11 is 3.55. The summed E-state index contributed by atoms with van der Waals surface area (Å²) < 4.78 is 18.7. The van der Waals surface area contributed by atoms with Crippen LogP contribution in [-0.2, 0) is 0 Å². The predicted molar refractivity (Wildman–Crippen MR) is 65.4 cm³/mol. The van der Waals surface area contributed by atoms with Gasteiger partial charge in [-0.1, -0.05) is 28.1 Å². The minimum absolute atomic E-state index is 0.0273. The molecule has 1 aromatic carbocycles. The van der Waals surface area contributed by atoms with Crippen LogP contribution in [0.3, 0.4) is 0 Å². The van der Waals surface area contributed by atoms with Gasteiger partial charge in [0.15, 0.2) is 0 Å². The van der Waals surface area contributed by atoms with E-state index in [1.807, 2.05) is 25.1 Å². The van der Waals surface area contributed by atoms with Crippen LogP contribution in [0.2, 0.25) is 0 Å². The third kappa shape index (κ3) is 2.19. The molecular weight excluding hydrogens is 271 g/mol. The summed E-state index contributed by atoms with van der Waals surface area (Å²) in [6.07, 6.45) is 0. The van der Waals surface area contributed by atoms with E-state index in [-0.39, 0.29) is 10.6 Å². The zero-order valence-corrected chi connectivity index (χ0v) is 10.7. The lowest BCUT2D eigenvalue weighted by Crippen LogP contribution is -1.93. The maximum Gasteiger partial charge on any atom is 0.126 e. The van der Waals surface area contributed by atoms with E-state index in [0.717, 1.165) is 17.1 Å². The highest BCUT2D eigenvalue weighted by Gasteiger charge is 2.14. The smallest absolute Gasteiger partial charge is 0.126 e. The van der Waals surface area contributed by atoms with Crippen molar-refractivity contribution in [1.82, 2.24) is 0 Å². The lowest BCUT2D eigenvalue weighted by Gasteiger charge is -2.08. The van der Waals surface area contributed by atoms with Crippen LogP contribution in [0, 0.1) is 19.7 Å². The van der Waals surface area contributed by atoms with E-state index in [1.165, 1.54) is 6.07 Å². The van der Waals surface area contributed by atoms with Crippen molar-refractivity contribution in [2.24, 2.45) is 0 Å². The van der Waals surface area contributed by atoms with Crippen LogP contribution in [-0.4, -0.2) is 0 Å². The average molecular weight is 283 g/mol. The molecule has 0 amide bonds. The topological polar surface area (TPSA) is 13.1 Å². The number of aryl methyl sites for hydroxylation is 2. The van der Waals surface area contributed by atoms with Gasteiger partial charge in [0.2, 0.25) is 0 Å². The SMILES string of the molecule is Cc1ccc(C(Br)c2ccc(F)c(C)c2)o1. The summed E-state index contributed by atoms with van der Waals surface area (Å²) in [7, 11) is 0. The Balaban J connectivity index is 2.33. The van der Waals surface area contributed by atoms with Gasteiger partial charge in [-0.05, 0) is 43.2 Å². The maximum absolute atomic E-state index is 13.1. The summed E-state index contributed by atoms with van der Waals surface area (Å²) in [5.41, 5.74) is 1.64. The van der Waals surface area contributed by atoms with Crippen molar-refractivity contribution in [3.05, 3.63) is 58.8 Å². The van der Waals surface area contributed by atoms with Crippen LogP contribution in [0.25, 0.3) is 0 Å². The molecule has 0 spiro atoms. The van der Waals surface area contributed by atoms with E-state index >= 15 is 0 Å². The number of benzene rings is 1. The lowest BCUT2D eigenvalue weighted by atomic mass is 10.1. The van der Waals surface area contributed by atoms with Gasteiger partial charge < -0.3 is 4.42 Å². The Morgan fingerprint density at radius 2 is 1.94 bits per heavy atom. The molecule has 1 unspecified atom stereocenters. The summed E-state index contributed by atoms with van der Waals surface area (Å²) in [5, 5.41) is 0. The highest BCUT2D eigenvalue weighted by molar-refractivity contribution is 9.09. The molecule has 0 radical (unpaired) electrons. The van der Waals surface area contributed by atoms with Crippen molar-refractivity contribution >= 4 is 15.9 Å². The lowest BCUT2D eigenvalue weighted by molar-refractivity contribution is 0.491. The van der Waals surface area contributed by atoms with Gasteiger partial charge in [-0.2, -0.15) is 0 Å². The van der Waals surface area contributed by atoms with Crippen LogP contribution in [0.4, 0.5) is 4.39 Å². The standard InChI is InChI=1S/C13H12BrFO/c1-8-7-10(4-5-11(8)15)13(14)12-6-3-9(2)16-12/h3-7,13H,1-2H3. The fourth-order valence-corrected chi connectivity index (χ4v) is 2.11. The molecule has 1 nitrogen and oxygen atoms in total. The number of alkyl halides is 1. The maximum atomic E-state index is 13.1. The summed E-state index contributed by atoms with van der Waals surface area (Å²) in [5.74, 6) is 1.53. The fraction of sp³-hybridized carbons (Fsp3) is 0.231. The van der Waals surface area contributed by atoms with Gasteiger partial charge in [-0.15, -0.1) is 0 Å². The first-order valence-electron chi connectivity index (χ1n) is 5.04. The molecule has 0 aliphatic carbocycles. The normalized spacial score (nSPS) is 12.8. The van der Waals surface area contributed by atoms with Gasteiger partial charge in [-0.25, -0.2) is 4.39 Å². The first-order valence-corrected chi connectivity index (χ1v) is 5.96. The third-order valence-corrected chi connectivity index (χ3v) is 3.47. The molecule has 1 heterocycles. The molecule has 16 heavy (non-hydrogen) atoms. The van der Waals surface area contributed by atoms with Crippen molar-refractivity contribution in [3.63, 3.8) is 0 Å². The molecule has 84 valence electrons. The van der Waals surface area contributed by atoms with Gasteiger partial charge >= 0.3 is 0 Å². The van der Waals surface area contributed by atoms with Crippen LogP contribution >= 0.6 is 15.9 Å². The molecule has 1 atom stereocenters. The Bertz CT molecular complexity index is 504. The predicted octanol–water partition coefficient (Wildman–Crippen LogP) is 4.52. The second-order valence-electron chi connectivity index (χ2n) is 3.82. The van der Waals surface area contributed by atoms with Gasteiger partial charge in [0.05, 0.1) is 4.83 Å². The number of rotatable bonds is 2. The van der Waals surface area contributed by atoms with Crippen molar-refractivity contribution in [2.75, 3.05) is 0 Å². The van der Waals surface area contributed by atoms with Gasteiger partial charge in [0, 0.05) is 0 Å². The van der Waals surface area contributed by atoms with Crippen LogP contribution in [0.1, 0.15) is 27.5 Å². The number of hydrogen-bond acceptors (Lipinski definition) is 1. The van der Waals surface area contributed by atoms with Crippen LogP contribution in [0.15, 0.2) is 34.7 Å². The fourth-order valence-electron chi connectivity index (χ4n) is 1.58. The quantitative estimate of drug-likeness (QED) is 0.738. The molecule has 2 aromatic rings. The Morgan fingerprint density at radius 1 is 1.19 bits per heavy atom. The van der Waals surface area contributed by atoms with Crippen molar-refractivity contribution in [2.45, 2.75) is 18.7 Å². The third-order valence-electron chi connectivity index (χ3n) is 2.49. The minimum atomic E-state index is -0.181. The molecule has 0 saturated heterocycles. The monoisotopic (exact) mass is 282 g/mol. The molecular formula is C13H12BrFO. The summed E-state index contributed by atoms with van der Waals surface area (Å²) in [4.78, 5) is -0.0273. The second kappa shape index (κ2) is 4.42. The van der Waals surface area contributed by atoms with Gasteiger partial charge in [0.25, 0.3) is 0 Å². The first kappa shape index (κ1) is 11.4. The zero-order chi connectivity index (χ0) is 11.7. The molecule has 0 bridgehead atoms. The van der Waals surface area contributed by atoms with Crippen molar-refractivity contribution < 1.29 is 8.81 Å². The molecule has 0 N–H and O–H groups in total. The van der Waals surface area contributed by atoms with E-state index in [9.17, 15) is 4.39 Å². The highest BCUT2D eigenvalue weighted by Crippen LogP contribution is 2.32. The number of furan rings is 1. The Hall–Kier alpha value is -1.09. The Morgan fingerprint density at radius 3 is 2.50 bits per heavy atom. The van der Waals surface area contributed by atoms with Gasteiger partial charge in [-0.3, -0.25) is 0 Å². The molecule has 1 aromatic heterocycles. The van der Waals surface area contributed by atoms with E-state index in [4.69, 9.17) is 4.42 Å².